The molecule has 1 unspecified atom stereocenters. The lowest BCUT2D eigenvalue weighted by Gasteiger charge is -2.24. The molecular weight excluding hydrogens is 318 g/mol. The lowest BCUT2D eigenvalue weighted by molar-refractivity contribution is 0.122. The molecule has 0 aromatic rings. The molecule has 0 saturated carbocycles. The van der Waals surface area contributed by atoms with Crippen LogP contribution in [0.15, 0.2) is 0 Å². The predicted octanol–water partition coefficient (Wildman–Crippen LogP) is 4.53. The molecule has 0 heterocycles. The van der Waals surface area contributed by atoms with Crippen molar-refractivity contribution < 1.29 is 13.3 Å². The summed E-state index contributed by atoms with van der Waals surface area (Å²) in [4.78, 5) is 0. The molecule has 1 atom stereocenters. The van der Waals surface area contributed by atoms with Gasteiger partial charge in [0.2, 0.25) is 0 Å². The molecule has 0 spiro atoms. The smallest absolute Gasteiger partial charge is 0.377 e. The van der Waals surface area contributed by atoms with E-state index in [4.69, 9.17) is 19.0 Å². The van der Waals surface area contributed by atoms with E-state index in [1.807, 2.05) is 0 Å². The molecule has 6 heteroatoms. The van der Waals surface area contributed by atoms with Crippen LogP contribution in [0.5, 0.6) is 0 Å². The van der Waals surface area contributed by atoms with E-state index in [1.165, 1.54) is 44.9 Å². The normalized spacial score (nSPS) is 13.0. The van der Waals surface area contributed by atoms with Crippen molar-refractivity contribution >= 4 is 21.2 Å². The Morgan fingerprint density at radius 1 is 0.773 bits per heavy atom. The van der Waals surface area contributed by atoms with Gasteiger partial charge in [-0.2, -0.15) is 0 Å². The Kier molecular flexibility index (Phi) is 18.1. The summed E-state index contributed by atoms with van der Waals surface area (Å²) >= 11 is 0. The first-order chi connectivity index (χ1) is 10.1. The van der Waals surface area contributed by atoms with Crippen molar-refractivity contribution in [3.05, 3.63) is 0 Å². The highest BCUT2D eigenvalue weighted by molar-refractivity contribution is 6.60. The molecule has 4 nitrogen and oxygen atoms in total. The van der Waals surface area contributed by atoms with Crippen LogP contribution in [0, 0.1) is 0 Å². The maximum Gasteiger partial charge on any atom is 0.500 e. The van der Waals surface area contributed by atoms with E-state index >= 15 is 0 Å². The number of hydrogen-bond acceptors (Lipinski definition) is 4. The molecule has 22 heavy (non-hydrogen) atoms. The summed E-state index contributed by atoms with van der Waals surface area (Å²) in [5.74, 6) is 0. The second kappa shape index (κ2) is 16.2. The van der Waals surface area contributed by atoms with E-state index in [2.05, 4.69) is 6.92 Å². The minimum Gasteiger partial charge on any atom is -0.377 e. The number of hydrogen-bond donors (Lipinski definition) is 1. The zero-order valence-electron chi connectivity index (χ0n) is 15.1. The van der Waals surface area contributed by atoms with Crippen molar-refractivity contribution in [3.8, 4) is 0 Å². The summed E-state index contributed by atoms with van der Waals surface area (Å²) in [6.07, 6.45) is 12.6. The molecular formula is C16H38ClNO3Si. The minimum atomic E-state index is -2.40. The second-order valence-corrected chi connectivity index (χ2v) is 8.95. The summed E-state index contributed by atoms with van der Waals surface area (Å²) in [6.45, 7) is 2.26. The highest BCUT2D eigenvalue weighted by atomic mass is 35.5. The maximum atomic E-state index is 6.18. The summed E-state index contributed by atoms with van der Waals surface area (Å²) in [5.41, 5.74) is 6.18. The molecule has 0 saturated heterocycles. The quantitative estimate of drug-likeness (QED) is 0.346. The first-order valence-corrected chi connectivity index (χ1v) is 10.5. The Morgan fingerprint density at radius 2 is 1.23 bits per heavy atom. The van der Waals surface area contributed by atoms with Crippen LogP contribution in [0.4, 0.5) is 0 Å². The minimum absolute atomic E-state index is 0. The van der Waals surface area contributed by atoms with Gasteiger partial charge in [0.15, 0.2) is 0 Å². The molecule has 0 aromatic heterocycles. The van der Waals surface area contributed by atoms with Gasteiger partial charge in [0.25, 0.3) is 0 Å². The predicted molar refractivity (Wildman–Crippen MR) is 98.7 cm³/mol. The maximum absolute atomic E-state index is 6.18. The van der Waals surface area contributed by atoms with Gasteiger partial charge in [0.05, 0.1) is 0 Å². The summed E-state index contributed by atoms with van der Waals surface area (Å²) in [6, 6.07) is 1.15. The molecule has 0 aliphatic heterocycles. The van der Waals surface area contributed by atoms with Gasteiger partial charge in [-0.05, 0) is 19.3 Å². The van der Waals surface area contributed by atoms with Crippen LogP contribution in [0.25, 0.3) is 0 Å². The Balaban J connectivity index is 0. The fourth-order valence-corrected chi connectivity index (χ4v) is 4.39. The van der Waals surface area contributed by atoms with Gasteiger partial charge < -0.3 is 19.0 Å². The standard InChI is InChI=1S/C16H37NO3Si.ClH/c1-5-6-7-8-9-10-11-13-16(17)14-12-15-21(18-2,19-3)20-4;/h16H,5-15,17H2,1-4H3;1H. The zero-order valence-corrected chi connectivity index (χ0v) is 16.9. The SMILES string of the molecule is CCCCCCCCCC(N)CCC[Si](OC)(OC)OC.Cl. The van der Waals surface area contributed by atoms with Crippen LogP contribution in [-0.4, -0.2) is 36.2 Å². The number of rotatable bonds is 15. The lowest BCUT2D eigenvalue weighted by atomic mass is 10.0. The lowest BCUT2D eigenvalue weighted by Crippen LogP contribution is -2.42. The fourth-order valence-electron chi connectivity index (χ4n) is 2.64. The van der Waals surface area contributed by atoms with Crippen molar-refractivity contribution in [1.82, 2.24) is 0 Å². The summed E-state index contributed by atoms with van der Waals surface area (Å²) in [5, 5.41) is 0. The van der Waals surface area contributed by atoms with E-state index in [1.54, 1.807) is 21.3 Å². The first kappa shape index (κ1) is 24.6. The second-order valence-electron chi connectivity index (χ2n) is 5.86. The third kappa shape index (κ3) is 11.9. The van der Waals surface area contributed by atoms with Crippen LogP contribution in [0.2, 0.25) is 6.04 Å². The fraction of sp³-hybridized carbons (Fsp3) is 1.00. The number of halogens is 1. The average Bonchev–Trinajstić information content (AvgIpc) is 2.51. The van der Waals surface area contributed by atoms with Crippen molar-refractivity contribution in [2.75, 3.05) is 21.3 Å². The number of unbranched alkanes of at least 4 members (excludes halogenated alkanes) is 6. The van der Waals surface area contributed by atoms with Gasteiger partial charge in [-0.25, -0.2) is 0 Å². The number of nitrogens with two attached hydrogens (primary N) is 1. The van der Waals surface area contributed by atoms with Gasteiger partial charge in [0, 0.05) is 33.4 Å². The van der Waals surface area contributed by atoms with E-state index < -0.39 is 8.80 Å². The summed E-state index contributed by atoms with van der Waals surface area (Å²) < 4.78 is 16.3. The third-order valence-electron chi connectivity index (χ3n) is 4.17. The first-order valence-electron chi connectivity index (χ1n) is 8.55. The Morgan fingerprint density at radius 3 is 1.73 bits per heavy atom. The Hall–Kier alpha value is 0.347. The van der Waals surface area contributed by atoms with Crippen molar-refractivity contribution in [2.45, 2.75) is 83.2 Å². The highest BCUT2D eigenvalue weighted by Crippen LogP contribution is 2.18. The Bertz CT molecular complexity index is 223. The highest BCUT2D eigenvalue weighted by Gasteiger charge is 2.36. The molecule has 136 valence electrons. The van der Waals surface area contributed by atoms with Crippen LogP contribution >= 0.6 is 12.4 Å². The van der Waals surface area contributed by atoms with E-state index in [9.17, 15) is 0 Å². The molecule has 2 N–H and O–H groups in total. The molecule has 0 bridgehead atoms. The topological polar surface area (TPSA) is 53.7 Å². The van der Waals surface area contributed by atoms with Gasteiger partial charge in [-0.3, -0.25) is 0 Å². The third-order valence-corrected chi connectivity index (χ3v) is 7.00. The average molecular weight is 356 g/mol. The van der Waals surface area contributed by atoms with Crippen LogP contribution in [-0.2, 0) is 13.3 Å². The van der Waals surface area contributed by atoms with Gasteiger partial charge in [-0.1, -0.05) is 51.9 Å². The molecule has 0 fully saturated rings. The van der Waals surface area contributed by atoms with Gasteiger partial charge >= 0.3 is 8.80 Å². The van der Waals surface area contributed by atoms with Crippen LogP contribution in [0.3, 0.4) is 0 Å². The largest absolute Gasteiger partial charge is 0.500 e. The Labute approximate surface area is 145 Å². The van der Waals surface area contributed by atoms with Crippen molar-refractivity contribution in [3.63, 3.8) is 0 Å². The van der Waals surface area contributed by atoms with Gasteiger partial charge in [-0.15, -0.1) is 12.4 Å². The molecule has 0 amide bonds. The van der Waals surface area contributed by atoms with Gasteiger partial charge in [0.1, 0.15) is 0 Å². The molecule has 0 radical (unpaired) electrons. The van der Waals surface area contributed by atoms with E-state index in [0.29, 0.717) is 6.04 Å². The van der Waals surface area contributed by atoms with Crippen molar-refractivity contribution in [2.24, 2.45) is 5.73 Å². The molecule has 0 rings (SSSR count). The molecule has 0 aliphatic rings. The molecule has 0 aromatic carbocycles. The van der Waals surface area contributed by atoms with E-state index in [-0.39, 0.29) is 12.4 Å². The molecule has 0 aliphatic carbocycles. The van der Waals surface area contributed by atoms with Crippen molar-refractivity contribution in [1.29, 1.82) is 0 Å². The van der Waals surface area contributed by atoms with Crippen LogP contribution < -0.4 is 5.73 Å². The van der Waals surface area contributed by atoms with E-state index in [0.717, 1.165) is 25.3 Å². The van der Waals surface area contributed by atoms with Crippen LogP contribution in [0.1, 0.15) is 71.1 Å². The monoisotopic (exact) mass is 355 g/mol. The zero-order chi connectivity index (χ0) is 16.0. The summed E-state index contributed by atoms with van der Waals surface area (Å²) in [7, 11) is 2.60.